The normalized spacial score (nSPS) is 11.1. The smallest absolute Gasteiger partial charge is 0.255 e. The van der Waals surface area contributed by atoms with Gasteiger partial charge >= 0.3 is 0 Å². The Kier molecular flexibility index (Phi) is 10.1. The summed E-state index contributed by atoms with van der Waals surface area (Å²) in [6.45, 7) is 8.07. The lowest BCUT2D eigenvalue weighted by atomic mass is 10.0. The SMILES string of the molecule is CNc1nccc(-c2cc(N(C)CCCN(C)C)cnc2Oc2cc(C(=O)Nc3cccc(C(C)C)c3)ccc2C)n1. The van der Waals surface area contributed by atoms with Crippen molar-refractivity contribution in [1.82, 2.24) is 19.9 Å². The van der Waals surface area contributed by atoms with Crippen molar-refractivity contribution in [2.75, 3.05) is 56.8 Å². The molecule has 220 valence electrons. The number of pyridine rings is 1. The summed E-state index contributed by atoms with van der Waals surface area (Å²) in [6, 6.07) is 17.2. The zero-order valence-corrected chi connectivity index (χ0v) is 25.6. The van der Waals surface area contributed by atoms with E-state index in [-0.39, 0.29) is 5.91 Å². The molecule has 0 aliphatic heterocycles. The number of nitrogens with zero attached hydrogens (tertiary/aromatic N) is 5. The van der Waals surface area contributed by atoms with E-state index in [1.807, 2.05) is 49.5 Å². The van der Waals surface area contributed by atoms with Crippen LogP contribution < -0.4 is 20.3 Å². The number of anilines is 3. The molecule has 0 atom stereocenters. The molecule has 2 aromatic heterocycles. The molecular formula is C33H41N7O2. The minimum absolute atomic E-state index is 0.210. The van der Waals surface area contributed by atoms with Gasteiger partial charge < -0.3 is 25.2 Å². The Morgan fingerprint density at radius 1 is 1.00 bits per heavy atom. The molecule has 4 aromatic rings. The van der Waals surface area contributed by atoms with Gasteiger partial charge in [0.2, 0.25) is 11.8 Å². The molecule has 0 aliphatic carbocycles. The van der Waals surface area contributed by atoms with E-state index in [2.05, 4.69) is 71.5 Å². The average molecular weight is 568 g/mol. The number of nitrogens with one attached hydrogen (secondary N) is 2. The molecule has 2 N–H and O–H groups in total. The fourth-order valence-electron chi connectivity index (χ4n) is 4.43. The Labute approximate surface area is 249 Å². The van der Waals surface area contributed by atoms with Crippen LogP contribution in [0.4, 0.5) is 17.3 Å². The van der Waals surface area contributed by atoms with E-state index in [1.54, 1.807) is 25.4 Å². The maximum absolute atomic E-state index is 13.2. The summed E-state index contributed by atoms with van der Waals surface area (Å²) in [5.41, 5.74) is 5.65. The Morgan fingerprint density at radius 2 is 1.81 bits per heavy atom. The van der Waals surface area contributed by atoms with Gasteiger partial charge in [-0.15, -0.1) is 0 Å². The maximum Gasteiger partial charge on any atom is 0.255 e. The molecule has 0 bridgehead atoms. The van der Waals surface area contributed by atoms with Crippen LogP contribution in [0.1, 0.15) is 47.7 Å². The molecule has 1 amide bonds. The first kappa shape index (κ1) is 30.5. The predicted octanol–water partition coefficient (Wildman–Crippen LogP) is 6.44. The second-order valence-corrected chi connectivity index (χ2v) is 11.0. The Hall–Kier alpha value is -4.50. The number of hydrogen-bond acceptors (Lipinski definition) is 8. The van der Waals surface area contributed by atoms with Gasteiger partial charge in [0.15, 0.2) is 0 Å². The number of carbonyl (C=O) groups is 1. The first-order valence-electron chi connectivity index (χ1n) is 14.2. The lowest BCUT2D eigenvalue weighted by Gasteiger charge is -2.22. The van der Waals surface area contributed by atoms with Crippen LogP contribution in [-0.2, 0) is 0 Å². The number of rotatable bonds is 12. The molecule has 0 unspecified atom stereocenters. The fraction of sp³-hybridized carbons (Fsp3) is 0.333. The molecule has 42 heavy (non-hydrogen) atoms. The van der Waals surface area contributed by atoms with Crippen molar-refractivity contribution in [2.45, 2.75) is 33.1 Å². The Morgan fingerprint density at radius 3 is 2.55 bits per heavy atom. The molecule has 0 fully saturated rings. The molecule has 0 radical (unpaired) electrons. The fourth-order valence-corrected chi connectivity index (χ4v) is 4.43. The van der Waals surface area contributed by atoms with Gasteiger partial charge in [0.05, 0.1) is 23.1 Å². The monoisotopic (exact) mass is 567 g/mol. The minimum atomic E-state index is -0.210. The molecule has 4 rings (SSSR count). The Bertz CT molecular complexity index is 1520. The van der Waals surface area contributed by atoms with Gasteiger partial charge in [0.25, 0.3) is 5.91 Å². The number of ether oxygens (including phenoxy) is 1. The van der Waals surface area contributed by atoms with Crippen molar-refractivity contribution >= 4 is 23.2 Å². The van der Waals surface area contributed by atoms with Crippen LogP contribution in [0.25, 0.3) is 11.3 Å². The van der Waals surface area contributed by atoms with Crippen LogP contribution >= 0.6 is 0 Å². The molecule has 0 spiro atoms. The van der Waals surface area contributed by atoms with Crippen molar-refractivity contribution in [3.05, 3.63) is 83.7 Å². The number of aryl methyl sites for hydroxylation is 1. The summed E-state index contributed by atoms with van der Waals surface area (Å²) in [7, 11) is 7.98. The second-order valence-electron chi connectivity index (χ2n) is 11.0. The highest BCUT2D eigenvalue weighted by Gasteiger charge is 2.17. The van der Waals surface area contributed by atoms with Crippen molar-refractivity contribution in [1.29, 1.82) is 0 Å². The minimum Gasteiger partial charge on any atom is -0.438 e. The van der Waals surface area contributed by atoms with Crippen molar-refractivity contribution in [2.24, 2.45) is 0 Å². The van der Waals surface area contributed by atoms with Crippen LogP contribution in [0.5, 0.6) is 11.6 Å². The molecular weight excluding hydrogens is 526 g/mol. The van der Waals surface area contributed by atoms with E-state index < -0.39 is 0 Å². The van der Waals surface area contributed by atoms with E-state index in [4.69, 9.17) is 9.72 Å². The van der Waals surface area contributed by atoms with Gasteiger partial charge in [-0.2, -0.15) is 0 Å². The van der Waals surface area contributed by atoms with E-state index in [0.29, 0.717) is 34.8 Å². The van der Waals surface area contributed by atoms with Crippen LogP contribution in [0.15, 0.2) is 67.0 Å². The van der Waals surface area contributed by atoms with Gasteiger partial charge in [-0.3, -0.25) is 4.79 Å². The molecule has 9 nitrogen and oxygen atoms in total. The third-order valence-electron chi connectivity index (χ3n) is 7.00. The van der Waals surface area contributed by atoms with Gasteiger partial charge in [-0.25, -0.2) is 15.0 Å². The summed E-state index contributed by atoms with van der Waals surface area (Å²) in [5.74, 6) is 1.60. The largest absolute Gasteiger partial charge is 0.438 e. The van der Waals surface area contributed by atoms with Crippen LogP contribution in [-0.4, -0.2) is 67.0 Å². The molecule has 0 saturated carbocycles. The highest BCUT2D eigenvalue weighted by molar-refractivity contribution is 6.04. The molecule has 2 heterocycles. The summed E-state index contributed by atoms with van der Waals surface area (Å²) >= 11 is 0. The highest BCUT2D eigenvalue weighted by atomic mass is 16.5. The zero-order chi connectivity index (χ0) is 30.2. The summed E-state index contributed by atoms with van der Waals surface area (Å²) in [4.78, 5) is 31.2. The topological polar surface area (TPSA) is 95.5 Å². The van der Waals surface area contributed by atoms with Crippen molar-refractivity contribution < 1.29 is 9.53 Å². The average Bonchev–Trinajstić information content (AvgIpc) is 2.98. The summed E-state index contributed by atoms with van der Waals surface area (Å²) in [6.07, 6.45) is 4.53. The lowest BCUT2D eigenvalue weighted by Crippen LogP contribution is -2.23. The zero-order valence-electron chi connectivity index (χ0n) is 25.6. The number of aromatic nitrogens is 3. The van der Waals surface area contributed by atoms with Crippen LogP contribution in [0.3, 0.4) is 0 Å². The molecule has 0 aliphatic rings. The summed E-state index contributed by atoms with van der Waals surface area (Å²) < 4.78 is 6.41. The third kappa shape index (κ3) is 7.82. The van der Waals surface area contributed by atoms with E-state index in [1.165, 1.54) is 0 Å². The first-order valence-corrected chi connectivity index (χ1v) is 14.2. The summed E-state index contributed by atoms with van der Waals surface area (Å²) in [5, 5.41) is 6.01. The van der Waals surface area contributed by atoms with E-state index in [9.17, 15) is 4.79 Å². The quantitative estimate of drug-likeness (QED) is 0.202. The van der Waals surface area contributed by atoms with E-state index >= 15 is 0 Å². The van der Waals surface area contributed by atoms with E-state index in [0.717, 1.165) is 47.6 Å². The van der Waals surface area contributed by atoms with Gasteiger partial charge in [-0.1, -0.05) is 32.0 Å². The predicted molar refractivity (Wildman–Crippen MR) is 171 cm³/mol. The standard InChI is InChI=1S/C33H41N7O2/c1-22(2)24-10-8-11-26(18-24)37-31(41)25-13-12-23(3)30(19-25)42-32-28(29-14-15-35-33(34-4)38-29)20-27(21-36-32)40(7)17-9-16-39(5)6/h8,10-15,18-22H,9,16-17H2,1-7H3,(H,37,41)(H,34,35,38). The van der Waals surface area contributed by atoms with Crippen LogP contribution in [0.2, 0.25) is 0 Å². The Balaban J connectivity index is 1.64. The second kappa shape index (κ2) is 13.9. The lowest BCUT2D eigenvalue weighted by molar-refractivity contribution is 0.102. The number of benzene rings is 2. The molecule has 2 aromatic carbocycles. The number of hydrogen-bond donors (Lipinski definition) is 2. The third-order valence-corrected chi connectivity index (χ3v) is 7.00. The number of amides is 1. The maximum atomic E-state index is 13.2. The molecule has 9 heteroatoms. The first-order chi connectivity index (χ1) is 20.1. The van der Waals surface area contributed by atoms with Crippen molar-refractivity contribution in [3.63, 3.8) is 0 Å². The van der Waals surface area contributed by atoms with Gasteiger partial charge in [0.1, 0.15) is 5.75 Å². The van der Waals surface area contributed by atoms with Crippen LogP contribution in [0, 0.1) is 6.92 Å². The molecule has 0 saturated heterocycles. The van der Waals surface area contributed by atoms with Crippen molar-refractivity contribution in [3.8, 4) is 22.9 Å². The number of carbonyl (C=O) groups excluding carboxylic acids is 1. The highest BCUT2D eigenvalue weighted by Crippen LogP contribution is 2.35. The van der Waals surface area contributed by atoms with Gasteiger partial charge in [-0.05, 0) is 87.4 Å². The van der Waals surface area contributed by atoms with Gasteiger partial charge in [0, 0.05) is 38.1 Å².